The number of aliphatic hydroxyl groups is 1. The number of benzene rings is 1. The monoisotopic (exact) mass is 207 g/mol. The molecule has 1 heterocycles. The Labute approximate surface area is 87.8 Å². The van der Waals surface area contributed by atoms with Crippen molar-refractivity contribution in [1.29, 1.82) is 0 Å². The van der Waals surface area contributed by atoms with Crippen molar-refractivity contribution in [3.8, 4) is 5.75 Å². The molecule has 1 aromatic rings. The van der Waals surface area contributed by atoms with E-state index in [0.29, 0.717) is 18.1 Å². The first-order chi connectivity index (χ1) is 7.14. The third-order valence-electron chi connectivity index (χ3n) is 2.37. The zero-order valence-electron chi connectivity index (χ0n) is 8.47. The zero-order valence-corrected chi connectivity index (χ0v) is 8.47. The first kappa shape index (κ1) is 9.98. The van der Waals surface area contributed by atoms with Crippen LogP contribution in [0.5, 0.6) is 5.75 Å². The smallest absolute Gasteiger partial charge is 0.220 e. The van der Waals surface area contributed by atoms with E-state index >= 15 is 0 Å². The topological polar surface area (TPSA) is 62.0 Å². The first-order valence-corrected chi connectivity index (χ1v) is 4.76. The number of aliphatic imine (C=N–C) groups is 1. The number of hydrogen-bond donors (Lipinski definition) is 2. The molecule has 0 spiro atoms. The van der Waals surface area contributed by atoms with Crippen LogP contribution in [0.25, 0.3) is 0 Å². The molecule has 0 bridgehead atoms. The van der Waals surface area contributed by atoms with Crippen LogP contribution in [-0.2, 0) is 4.74 Å². The van der Waals surface area contributed by atoms with Crippen molar-refractivity contribution in [1.82, 2.24) is 0 Å². The Kier molecular flexibility index (Phi) is 2.36. The summed E-state index contributed by atoms with van der Waals surface area (Å²) in [4.78, 5) is 4.25. The minimum atomic E-state index is -0.586. The predicted molar refractivity (Wildman–Crippen MR) is 56.1 cm³/mol. The Bertz CT molecular complexity index is 403. The molecule has 80 valence electrons. The fourth-order valence-electron chi connectivity index (χ4n) is 1.41. The van der Waals surface area contributed by atoms with E-state index in [1.54, 1.807) is 31.2 Å². The van der Waals surface area contributed by atoms with Crippen LogP contribution in [0.4, 0.5) is 0 Å². The highest BCUT2D eigenvalue weighted by Crippen LogP contribution is 2.25. The second-order valence-corrected chi connectivity index (χ2v) is 3.88. The summed E-state index contributed by atoms with van der Waals surface area (Å²) < 4.78 is 5.36. The summed E-state index contributed by atoms with van der Waals surface area (Å²) in [5.41, 5.74) is -0.0212. The lowest BCUT2D eigenvalue weighted by molar-refractivity contribution is 0.170. The van der Waals surface area contributed by atoms with Crippen LogP contribution in [-0.4, -0.2) is 34.9 Å². The van der Waals surface area contributed by atoms with E-state index in [-0.39, 0.29) is 12.4 Å². The summed E-state index contributed by atoms with van der Waals surface area (Å²) in [7, 11) is 0. The zero-order chi connectivity index (χ0) is 10.9. The predicted octanol–water partition coefficient (Wildman–Crippen LogP) is 0.920. The molecule has 0 aliphatic carbocycles. The Hall–Kier alpha value is -1.55. The number of para-hydroxylation sites is 1. The van der Waals surface area contributed by atoms with Gasteiger partial charge in [-0.3, -0.25) is 0 Å². The largest absolute Gasteiger partial charge is 0.507 e. The minimum Gasteiger partial charge on any atom is -0.507 e. The molecule has 0 radical (unpaired) electrons. The van der Waals surface area contributed by atoms with Gasteiger partial charge in [-0.1, -0.05) is 12.1 Å². The number of phenols is 1. The fourth-order valence-corrected chi connectivity index (χ4v) is 1.41. The van der Waals surface area contributed by atoms with E-state index in [1.165, 1.54) is 0 Å². The van der Waals surface area contributed by atoms with Crippen molar-refractivity contribution >= 4 is 5.90 Å². The molecule has 1 aliphatic heterocycles. The van der Waals surface area contributed by atoms with Crippen molar-refractivity contribution in [3.63, 3.8) is 0 Å². The summed E-state index contributed by atoms with van der Waals surface area (Å²) in [6.07, 6.45) is 0. The van der Waals surface area contributed by atoms with Gasteiger partial charge in [-0.15, -0.1) is 0 Å². The van der Waals surface area contributed by atoms with Crippen LogP contribution in [0, 0.1) is 0 Å². The molecular weight excluding hydrogens is 194 g/mol. The molecule has 0 aromatic heterocycles. The molecule has 1 aromatic carbocycles. The summed E-state index contributed by atoms with van der Waals surface area (Å²) in [5, 5.41) is 18.7. The summed E-state index contributed by atoms with van der Waals surface area (Å²) in [5.74, 6) is 0.531. The van der Waals surface area contributed by atoms with Gasteiger partial charge in [-0.05, 0) is 19.1 Å². The summed E-state index contributed by atoms with van der Waals surface area (Å²) >= 11 is 0. The average Bonchev–Trinajstić information content (AvgIpc) is 2.63. The van der Waals surface area contributed by atoms with Crippen LogP contribution in [0.1, 0.15) is 12.5 Å². The molecule has 0 fully saturated rings. The van der Waals surface area contributed by atoms with Gasteiger partial charge in [0.25, 0.3) is 0 Å². The van der Waals surface area contributed by atoms with Gasteiger partial charge >= 0.3 is 0 Å². The number of rotatable bonds is 2. The number of phenolic OH excluding ortho intramolecular Hbond substituents is 1. The average molecular weight is 207 g/mol. The molecule has 0 saturated heterocycles. The molecule has 2 rings (SSSR count). The van der Waals surface area contributed by atoms with E-state index in [0.717, 1.165) is 0 Å². The SMILES string of the molecule is C[C@@]1(CO)COC(c2ccccc2O)=N1. The van der Waals surface area contributed by atoms with Gasteiger partial charge in [0.15, 0.2) is 0 Å². The van der Waals surface area contributed by atoms with Crippen molar-refractivity contribution in [2.45, 2.75) is 12.5 Å². The molecule has 2 N–H and O–H groups in total. The van der Waals surface area contributed by atoms with Gasteiger partial charge < -0.3 is 14.9 Å². The number of aromatic hydroxyl groups is 1. The molecule has 0 unspecified atom stereocenters. The Morgan fingerprint density at radius 2 is 2.20 bits per heavy atom. The lowest BCUT2D eigenvalue weighted by Crippen LogP contribution is -2.28. The van der Waals surface area contributed by atoms with Crippen molar-refractivity contribution in [2.24, 2.45) is 4.99 Å². The third-order valence-corrected chi connectivity index (χ3v) is 2.37. The van der Waals surface area contributed by atoms with Gasteiger partial charge in [-0.2, -0.15) is 0 Å². The first-order valence-electron chi connectivity index (χ1n) is 4.76. The van der Waals surface area contributed by atoms with Gasteiger partial charge in [0, 0.05) is 0 Å². The maximum atomic E-state index is 9.59. The van der Waals surface area contributed by atoms with Crippen molar-refractivity contribution in [3.05, 3.63) is 29.8 Å². The Morgan fingerprint density at radius 1 is 1.47 bits per heavy atom. The number of ether oxygens (including phenoxy) is 1. The van der Waals surface area contributed by atoms with Crippen LogP contribution in [0.15, 0.2) is 29.3 Å². The molecule has 4 heteroatoms. The lowest BCUT2D eigenvalue weighted by Gasteiger charge is -2.12. The fraction of sp³-hybridized carbons (Fsp3) is 0.364. The minimum absolute atomic E-state index is 0.0654. The van der Waals surface area contributed by atoms with Crippen LogP contribution >= 0.6 is 0 Å². The van der Waals surface area contributed by atoms with Gasteiger partial charge in [-0.25, -0.2) is 4.99 Å². The van der Waals surface area contributed by atoms with Gasteiger partial charge in [0.05, 0.1) is 12.2 Å². The molecule has 0 saturated carbocycles. The van der Waals surface area contributed by atoms with Gasteiger partial charge in [0.2, 0.25) is 5.90 Å². The normalized spacial score (nSPS) is 24.8. The number of nitrogens with zero attached hydrogens (tertiary/aromatic N) is 1. The summed E-state index contributed by atoms with van der Waals surface area (Å²) in [6, 6.07) is 6.85. The highest BCUT2D eigenvalue weighted by molar-refractivity contribution is 5.97. The molecular formula is C11H13NO3. The van der Waals surface area contributed by atoms with Crippen molar-refractivity contribution < 1.29 is 14.9 Å². The van der Waals surface area contributed by atoms with E-state index < -0.39 is 5.54 Å². The van der Waals surface area contributed by atoms with E-state index in [1.807, 2.05) is 0 Å². The maximum absolute atomic E-state index is 9.59. The second kappa shape index (κ2) is 3.55. The van der Waals surface area contributed by atoms with E-state index in [2.05, 4.69) is 4.99 Å². The van der Waals surface area contributed by atoms with Gasteiger partial charge in [0.1, 0.15) is 17.9 Å². The second-order valence-electron chi connectivity index (χ2n) is 3.88. The number of hydrogen-bond acceptors (Lipinski definition) is 4. The molecule has 0 amide bonds. The highest BCUT2D eigenvalue weighted by atomic mass is 16.5. The third kappa shape index (κ3) is 1.80. The lowest BCUT2D eigenvalue weighted by atomic mass is 10.1. The quantitative estimate of drug-likeness (QED) is 0.758. The Balaban J connectivity index is 2.35. The highest BCUT2D eigenvalue weighted by Gasteiger charge is 2.32. The van der Waals surface area contributed by atoms with Crippen LogP contribution in [0.3, 0.4) is 0 Å². The summed E-state index contributed by atoms with van der Waals surface area (Å²) in [6.45, 7) is 2.08. The maximum Gasteiger partial charge on any atom is 0.220 e. The molecule has 1 aliphatic rings. The van der Waals surface area contributed by atoms with E-state index in [4.69, 9.17) is 9.84 Å². The molecule has 15 heavy (non-hydrogen) atoms. The Morgan fingerprint density at radius 3 is 2.80 bits per heavy atom. The van der Waals surface area contributed by atoms with Crippen LogP contribution < -0.4 is 0 Å². The number of aliphatic hydroxyl groups excluding tert-OH is 1. The molecule has 1 atom stereocenters. The van der Waals surface area contributed by atoms with Crippen LogP contribution in [0.2, 0.25) is 0 Å². The standard InChI is InChI=1S/C11H13NO3/c1-11(6-13)7-15-10(12-11)8-4-2-3-5-9(8)14/h2-5,13-14H,6-7H2,1H3/t11-/m1/s1. The van der Waals surface area contributed by atoms with Crippen molar-refractivity contribution in [2.75, 3.05) is 13.2 Å². The van der Waals surface area contributed by atoms with E-state index in [9.17, 15) is 5.11 Å². The molecule has 4 nitrogen and oxygen atoms in total.